The maximum atomic E-state index is 12.0. The number of hydrogen-bond donors (Lipinski definition) is 2. The standard InChI is InChI=1S/C16H21NO3.C2H4O2/c1-17-12-7-8-13(17)10-14(9-12)20-16(19)15(18)11-5-3-2-4-6-11;1-2(3)4/h2-6,12-15,18H,7-10H2,1H3;1H3,(H,3,4)/t12-,13+,14?,15?;. The summed E-state index contributed by atoms with van der Waals surface area (Å²) in [5.74, 6) is -1.36. The first-order valence-electron chi connectivity index (χ1n) is 8.23. The molecule has 2 N–H and O–H groups in total. The quantitative estimate of drug-likeness (QED) is 0.822. The van der Waals surface area contributed by atoms with Crippen molar-refractivity contribution in [3.8, 4) is 0 Å². The monoisotopic (exact) mass is 335 g/mol. The van der Waals surface area contributed by atoms with Crippen LogP contribution >= 0.6 is 0 Å². The number of carbonyl (C=O) groups excluding carboxylic acids is 1. The van der Waals surface area contributed by atoms with E-state index in [1.165, 1.54) is 12.8 Å². The molecule has 2 aliphatic rings. The van der Waals surface area contributed by atoms with Crippen molar-refractivity contribution in [2.45, 2.75) is 56.9 Å². The van der Waals surface area contributed by atoms with E-state index in [-0.39, 0.29) is 6.10 Å². The molecule has 0 amide bonds. The Hall–Kier alpha value is -1.92. The second kappa shape index (κ2) is 8.26. The van der Waals surface area contributed by atoms with Gasteiger partial charge in [0.05, 0.1) is 0 Å². The number of hydrogen-bond acceptors (Lipinski definition) is 5. The van der Waals surface area contributed by atoms with E-state index >= 15 is 0 Å². The Balaban J connectivity index is 0.000000471. The predicted molar refractivity (Wildman–Crippen MR) is 88.4 cm³/mol. The molecule has 0 aliphatic carbocycles. The summed E-state index contributed by atoms with van der Waals surface area (Å²) in [5.41, 5.74) is 0.591. The Bertz CT molecular complexity index is 544. The van der Waals surface area contributed by atoms with Gasteiger partial charge >= 0.3 is 5.97 Å². The normalized spacial score (nSPS) is 26.9. The Morgan fingerprint density at radius 2 is 1.67 bits per heavy atom. The van der Waals surface area contributed by atoms with E-state index in [0.29, 0.717) is 17.6 Å². The number of piperidine rings is 1. The molecular formula is C18H25NO5. The third-order valence-corrected chi connectivity index (χ3v) is 4.68. The Kier molecular flexibility index (Phi) is 6.34. The number of ether oxygens (including phenoxy) is 1. The Labute approximate surface area is 142 Å². The van der Waals surface area contributed by atoms with Crippen molar-refractivity contribution in [2.24, 2.45) is 0 Å². The van der Waals surface area contributed by atoms with Crippen LogP contribution in [0.3, 0.4) is 0 Å². The molecule has 2 bridgehead atoms. The molecule has 24 heavy (non-hydrogen) atoms. The van der Waals surface area contributed by atoms with Gasteiger partial charge in [0.25, 0.3) is 5.97 Å². The second-order valence-corrected chi connectivity index (χ2v) is 6.41. The van der Waals surface area contributed by atoms with Gasteiger partial charge in [-0.15, -0.1) is 0 Å². The lowest BCUT2D eigenvalue weighted by Crippen LogP contribution is -2.43. The van der Waals surface area contributed by atoms with Crippen molar-refractivity contribution < 1.29 is 24.5 Å². The Morgan fingerprint density at radius 1 is 1.17 bits per heavy atom. The van der Waals surface area contributed by atoms with Gasteiger partial charge in [0.15, 0.2) is 6.10 Å². The van der Waals surface area contributed by atoms with Crippen LogP contribution < -0.4 is 0 Å². The van der Waals surface area contributed by atoms with Gasteiger partial charge in [-0.25, -0.2) is 4.79 Å². The Morgan fingerprint density at radius 3 is 2.17 bits per heavy atom. The minimum atomic E-state index is -1.17. The van der Waals surface area contributed by atoms with Crippen LogP contribution in [0, 0.1) is 0 Å². The second-order valence-electron chi connectivity index (χ2n) is 6.41. The SMILES string of the molecule is CC(=O)O.CN1[C@@H]2CC[C@H]1CC(OC(=O)C(O)c1ccccc1)C2. The number of carbonyl (C=O) groups is 2. The van der Waals surface area contributed by atoms with Gasteiger partial charge < -0.3 is 19.8 Å². The van der Waals surface area contributed by atoms with Crippen molar-refractivity contribution in [3.63, 3.8) is 0 Å². The van der Waals surface area contributed by atoms with Gasteiger partial charge in [-0.3, -0.25) is 4.79 Å². The zero-order valence-corrected chi connectivity index (χ0v) is 14.1. The molecule has 0 radical (unpaired) electrons. The number of aliphatic hydroxyl groups excluding tert-OH is 1. The highest BCUT2D eigenvalue weighted by atomic mass is 16.6. The van der Waals surface area contributed by atoms with E-state index in [9.17, 15) is 9.90 Å². The van der Waals surface area contributed by atoms with Crippen molar-refractivity contribution in [1.29, 1.82) is 0 Å². The average molecular weight is 335 g/mol. The molecule has 2 heterocycles. The molecule has 1 aromatic carbocycles. The molecule has 132 valence electrons. The first-order valence-corrected chi connectivity index (χ1v) is 8.23. The molecular weight excluding hydrogens is 310 g/mol. The number of rotatable bonds is 3. The number of carboxylic acids is 1. The number of aliphatic hydroxyl groups is 1. The van der Waals surface area contributed by atoms with Gasteiger partial charge in [0, 0.05) is 19.0 Å². The number of benzene rings is 1. The molecule has 0 aromatic heterocycles. The van der Waals surface area contributed by atoms with Crippen LogP contribution in [0.1, 0.15) is 44.3 Å². The third-order valence-electron chi connectivity index (χ3n) is 4.68. The molecule has 1 aromatic rings. The van der Waals surface area contributed by atoms with Crippen LogP contribution in [0.15, 0.2) is 30.3 Å². The summed E-state index contributed by atoms with van der Waals surface area (Å²) in [7, 11) is 2.15. The predicted octanol–water partition coefficient (Wildman–Crippen LogP) is 1.98. The molecule has 4 atom stereocenters. The van der Waals surface area contributed by atoms with Crippen LogP contribution in [0.4, 0.5) is 0 Å². The number of carboxylic acid groups (broad SMARTS) is 1. The lowest BCUT2D eigenvalue weighted by Gasteiger charge is -2.36. The summed E-state index contributed by atoms with van der Waals surface area (Å²) >= 11 is 0. The fraction of sp³-hybridized carbons (Fsp3) is 0.556. The molecule has 2 saturated heterocycles. The molecule has 2 unspecified atom stereocenters. The number of nitrogens with zero attached hydrogens (tertiary/aromatic N) is 1. The highest BCUT2D eigenvalue weighted by molar-refractivity contribution is 5.76. The highest BCUT2D eigenvalue weighted by Gasteiger charge is 2.40. The summed E-state index contributed by atoms with van der Waals surface area (Å²) in [6.07, 6.45) is 2.94. The summed E-state index contributed by atoms with van der Waals surface area (Å²) in [4.78, 5) is 23.4. The summed E-state index contributed by atoms with van der Waals surface area (Å²) < 4.78 is 5.52. The fourth-order valence-electron chi connectivity index (χ4n) is 3.46. The highest BCUT2D eigenvalue weighted by Crippen LogP contribution is 2.35. The minimum Gasteiger partial charge on any atom is -0.481 e. The van der Waals surface area contributed by atoms with Gasteiger partial charge in [-0.05, 0) is 38.3 Å². The lowest BCUT2D eigenvalue weighted by molar-refractivity contribution is -0.162. The van der Waals surface area contributed by atoms with Crippen molar-refractivity contribution in [1.82, 2.24) is 4.90 Å². The maximum Gasteiger partial charge on any atom is 0.339 e. The van der Waals surface area contributed by atoms with E-state index in [0.717, 1.165) is 19.8 Å². The first kappa shape index (κ1) is 18.4. The van der Waals surface area contributed by atoms with Gasteiger partial charge in [-0.2, -0.15) is 0 Å². The molecule has 2 fully saturated rings. The van der Waals surface area contributed by atoms with Crippen LogP contribution in [0.25, 0.3) is 0 Å². The zero-order valence-electron chi connectivity index (χ0n) is 14.1. The number of aliphatic carboxylic acids is 1. The van der Waals surface area contributed by atoms with E-state index in [1.54, 1.807) is 12.1 Å². The molecule has 0 saturated carbocycles. The van der Waals surface area contributed by atoms with Crippen molar-refractivity contribution >= 4 is 11.9 Å². The number of esters is 1. The van der Waals surface area contributed by atoms with E-state index in [2.05, 4.69) is 11.9 Å². The smallest absolute Gasteiger partial charge is 0.339 e. The molecule has 6 heteroatoms. The van der Waals surface area contributed by atoms with Crippen LogP contribution in [-0.4, -0.2) is 52.3 Å². The van der Waals surface area contributed by atoms with Crippen LogP contribution in [-0.2, 0) is 14.3 Å². The van der Waals surface area contributed by atoms with Gasteiger partial charge in [0.2, 0.25) is 0 Å². The van der Waals surface area contributed by atoms with Gasteiger partial charge in [0.1, 0.15) is 6.10 Å². The average Bonchev–Trinajstić information content (AvgIpc) is 2.75. The van der Waals surface area contributed by atoms with Crippen LogP contribution in [0.2, 0.25) is 0 Å². The molecule has 6 nitrogen and oxygen atoms in total. The molecule has 2 aliphatic heterocycles. The lowest BCUT2D eigenvalue weighted by atomic mass is 10.0. The topological polar surface area (TPSA) is 87.1 Å². The van der Waals surface area contributed by atoms with Gasteiger partial charge in [-0.1, -0.05) is 30.3 Å². The van der Waals surface area contributed by atoms with Crippen LogP contribution in [0.5, 0.6) is 0 Å². The summed E-state index contributed by atoms with van der Waals surface area (Å²) in [5, 5.41) is 17.5. The zero-order chi connectivity index (χ0) is 17.7. The largest absolute Gasteiger partial charge is 0.481 e. The first-order chi connectivity index (χ1) is 11.4. The van der Waals surface area contributed by atoms with Crippen molar-refractivity contribution in [2.75, 3.05) is 7.05 Å². The van der Waals surface area contributed by atoms with E-state index in [4.69, 9.17) is 14.6 Å². The summed E-state index contributed by atoms with van der Waals surface area (Å²) in [6, 6.07) is 10.0. The fourth-order valence-corrected chi connectivity index (χ4v) is 3.46. The minimum absolute atomic E-state index is 0.0467. The van der Waals surface area contributed by atoms with E-state index < -0.39 is 18.0 Å². The van der Waals surface area contributed by atoms with Crippen molar-refractivity contribution in [3.05, 3.63) is 35.9 Å². The van der Waals surface area contributed by atoms with E-state index in [1.807, 2.05) is 18.2 Å². The molecule has 0 spiro atoms. The number of fused-ring (bicyclic) bond motifs is 2. The third kappa shape index (κ3) is 4.79. The molecule has 3 rings (SSSR count). The maximum absolute atomic E-state index is 12.0. The summed E-state index contributed by atoms with van der Waals surface area (Å²) in [6.45, 7) is 1.08.